The second-order valence-electron chi connectivity index (χ2n) is 7.73. The Bertz CT molecular complexity index is 1280. The Morgan fingerprint density at radius 3 is 2.62 bits per heavy atom. The second-order valence-corrected chi connectivity index (χ2v) is 8.14. The molecule has 0 N–H and O–H groups in total. The molecule has 3 heterocycles. The van der Waals surface area contributed by atoms with Gasteiger partial charge < -0.3 is 9.09 Å². The van der Waals surface area contributed by atoms with Crippen LogP contribution in [0.3, 0.4) is 0 Å². The number of aromatic nitrogens is 3. The largest absolute Gasteiger partial charge is 0.356 e. The van der Waals surface area contributed by atoms with Crippen molar-refractivity contribution in [2.75, 3.05) is 6.54 Å². The van der Waals surface area contributed by atoms with E-state index in [9.17, 15) is 9.59 Å². The van der Waals surface area contributed by atoms with Gasteiger partial charge in [0.15, 0.2) is 18.3 Å². The molecule has 0 aliphatic carbocycles. The molecule has 0 radical (unpaired) electrons. The number of imidazole rings is 1. The van der Waals surface area contributed by atoms with Gasteiger partial charge in [-0.3, -0.25) is 14.5 Å². The van der Waals surface area contributed by atoms with Crippen molar-refractivity contribution in [3.05, 3.63) is 88.1 Å². The van der Waals surface area contributed by atoms with Gasteiger partial charge in [-0.2, -0.15) is 0 Å². The number of fused-ring (bicyclic) bond motifs is 1. The lowest BCUT2D eigenvalue weighted by Gasteiger charge is -2.26. The van der Waals surface area contributed by atoms with Gasteiger partial charge in [0.1, 0.15) is 0 Å². The van der Waals surface area contributed by atoms with E-state index in [0.717, 1.165) is 36.5 Å². The molecule has 0 saturated carbocycles. The summed E-state index contributed by atoms with van der Waals surface area (Å²) in [7, 11) is 0. The number of hydrogen-bond acceptors (Lipinski definition) is 6. The van der Waals surface area contributed by atoms with Gasteiger partial charge >= 0.3 is 0 Å². The predicted octanol–water partition coefficient (Wildman–Crippen LogP) is 4.36. The van der Waals surface area contributed by atoms with Crippen molar-refractivity contribution in [2.45, 2.75) is 19.5 Å². The molecule has 0 spiro atoms. The molecule has 8 heteroatoms. The van der Waals surface area contributed by atoms with Crippen LogP contribution < -0.4 is 0 Å². The lowest BCUT2D eigenvalue weighted by Crippen LogP contribution is -2.30. The highest BCUT2D eigenvalue weighted by Crippen LogP contribution is 2.35. The fraction of sp³-hybridized carbons (Fsp3) is 0.167. The van der Waals surface area contributed by atoms with Crippen molar-refractivity contribution < 1.29 is 14.1 Å². The van der Waals surface area contributed by atoms with E-state index in [0.29, 0.717) is 36.0 Å². The Hall–Kier alpha value is -3.55. The van der Waals surface area contributed by atoms with Crippen molar-refractivity contribution >= 4 is 24.2 Å². The molecule has 4 aromatic rings. The van der Waals surface area contributed by atoms with Gasteiger partial charge in [0.05, 0.1) is 17.0 Å². The summed E-state index contributed by atoms with van der Waals surface area (Å²) < 4.78 is 7.60. The normalized spacial score (nSPS) is 13.7. The Morgan fingerprint density at radius 1 is 1.09 bits per heavy atom. The summed E-state index contributed by atoms with van der Waals surface area (Å²) in [5, 5.41) is 4.50. The number of rotatable bonds is 6. The summed E-state index contributed by atoms with van der Waals surface area (Å²) in [4.78, 5) is 29.2. The fourth-order valence-corrected chi connectivity index (χ4v) is 4.26. The first kappa shape index (κ1) is 20.4. The Morgan fingerprint density at radius 2 is 1.91 bits per heavy atom. The van der Waals surface area contributed by atoms with E-state index in [2.05, 4.69) is 39.3 Å². The molecule has 2 aromatic heterocycles. The van der Waals surface area contributed by atoms with Crippen molar-refractivity contribution in [2.24, 2.45) is 0 Å². The molecule has 1 aliphatic rings. The van der Waals surface area contributed by atoms with Crippen LogP contribution >= 0.6 is 11.6 Å². The lowest BCUT2D eigenvalue weighted by atomic mass is 9.97. The summed E-state index contributed by atoms with van der Waals surface area (Å²) in [5.74, 6) is 0.529. The van der Waals surface area contributed by atoms with Gasteiger partial charge in [-0.1, -0.05) is 28.9 Å². The number of nitrogens with zero attached hydrogens (tertiary/aromatic N) is 4. The first-order valence-electron chi connectivity index (χ1n) is 10.2. The molecule has 5 rings (SSSR count). The van der Waals surface area contributed by atoms with Crippen LogP contribution in [0.1, 0.15) is 37.5 Å². The number of hydrogen-bond donors (Lipinski definition) is 0. The molecule has 0 unspecified atom stereocenters. The summed E-state index contributed by atoms with van der Waals surface area (Å²) in [5.41, 5.74) is 5.27. The average Bonchev–Trinajstić information content (AvgIpc) is 3.49. The van der Waals surface area contributed by atoms with E-state index in [-0.39, 0.29) is 10.6 Å². The van der Waals surface area contributed by atoms with Crippen LogP contribution in [0.15, 0.2) is 59.6 Å². The van der Waals surface area contributed by atoms with Crippen molar-refractivity contribution in [3.8, 4) is 17.0 Å². The number of carbonyl (C=O) groups is 2. The summed E-state index contributed by atoms with van der Waals surface area (Å²) in [6, 6.07) is 11.5. The first-order valence-corrected chi connectivity index (χ1v) is 10.6. The van der Waals surface area contributed by atoms with Gasteiger partial charge in [-0.15, -0.1) is 0 Å². The SMILES string of the molecule is O=Cc1cc(C=O)c(-c2onc3c2CN(Cc2ccc(-n4ccnc4)cc2)CC3)cc1Cl. The molecule has 0 bridgehead atoms. The quantitative estimate of drug-likeness (QED) is 0.409. The standard InChI is InChI=1S/C24H19ClN4O3/c25-22-10-20(17(13-30)9-18(22)14-31)24-21-12-28(7-5-23(21)27-32-24)11-16-1-3-19(4-2-16)29-8-6-26-15-29/h1-4,6,8-10,13-15H,5,7,11-12H2. The minimum Gasteiger partial charge on any atom is -0.356 e. The Balaban J connectivity index is 1.39. The maximum atomic E-state index is 11.7. The molecule has 2 aromatic carbocycles. The topological polar surface area (TPSA) is 81.2 Å². The van der Waals surface area contributed by atoms with Crippen molar-refractivity contribution in [3.63, 3.8) is 0 Å². The average molecular weight is 447 g/mol. The first-order chi connectivity index (χ1) is 15.7. The van der Waals surface area contributed by atoms with Crippen molar-refractivity contribution in [1.82, 2.24) is 19.6 Å². The van der Waals surface area contributed by atoms with Gasteiger partial charge in [0, 0.05) is 66.4 Å². The zero-order valence-corrected chi connectivity index (χ0v) is 17.8. The van der Waals surface area contributed by atoms with E-state index in [1.165, 1.54) is 11.6 Å². The highest BCUT2D eigenvalue weighted by molar-refractivity contribution is 6.33. The maximum absolute atomic E-state index is 11.7. The highest BCUT2D eigenvalue weighted by Gasteiger charge is 2.26. The van der Waals surface area contributed by atoms with Crippen LogP contribution in [0, 0.1) is 0 Å². The van der Waals surface area contributed by atoms with Crippen molar-refractivity contribution in [1.29, 1.82) is 0 Å². The number of carbonyl (C=O) groups excluding carboxylic acids is 2. The van der Waals surface area contributed by atoms with E-state index < -0.39 is 0 Å². The van der Waals surface area contributed by atoms with Gasteiger partial charge in [-0.25, -0.2) is 4.98 Å². The molecular weight excluding hydrogens is 428 g/mol. The smallest absolute Gasteiger partial charge is 0.172 e. The third-order valence-electron chi connectivity index (χ3n) is 5.73. The molecular formula is C24H19ClN4O3. The Kier molecular flexibility index (Phi) is 5.43. The molecule has 32 heavy (non-hydrogen) atoms. The molecule has 160 valence electrons. The monoisotopic (exact) mass is 446 g/mol. The van der Waals surface area contributed by atoms with Crippen LogP contribution in [0.25, 0.3) is 17.0 Å². The number of benzene rings is 2. The van der Waals surface area contributed by atoms with E-state index >= 15 is 0 Å². The van der Waals surface area contributed by atoms with Gasteiger partial charge in [-0.05, 0) is 29.8 Å². The van der Waals surface area contributed by atoms with Gasteiger partial charge in [0.25, 0.3) is 0 Å². The third-order valence-corrected chi connectivity index (χ3v) is 6.06. The number of aldehydes is 2. The lowest BCUT2D eigenvalue weighted by molar-refractivity contribution is 0.112. The molecule has 0 atom stereocenters. The fourth-order valence-electron chi connectivity index (χ4n) is 4.05. The molecule has 0 saturated heterocycles. The van der Waals surface area contributed by atoms with E-state index in [4.69, 9.17) is 16.1 Å². The summed E-state index contributed by atoms with van der Waals surface area (Å²) >= 11 is 6.22. The molecule has 1 aliphatic heterocycles. The zero-order chi connectivity index (χ0) is 22.1. The van der Waals surface area contributed by atoms with Crippen LogP contribution in [0.4, 0.5) is 0 Å². The highest BCUT2D eigenvalue weighted by atomic mass is 35.5. The van der Waals surface area contributed by atoms with E-state index in [1.54, 1.807) is 18.6 Å². The van der Waals surface area contributed by atoms with Crippen LogP contribution in [-0.4, -0.2) is 38.7 Å². The second kappa shape index (κ2) is 8.53. The summed E-state index contributed by atoms with van der Waals surface area (Å²) in [6.45, 7) is 2.27. The van der Waals surface area contributed by atoms with Gasteiger partial charge in [0.2, 0.25) is 0 Å². The third kappa shape index (κ3) is 3.77. The van der Waals surface area contributed by atoms with Crippen LogP contribution in [0.2, 0.25) is 5.02 Å². The van der Waals surface area contributed by atoms with Crippen LogP contribution in [0.5, 0.6) is 0 Å². The zero-order valence-electron chi connectivity index (χ0n) is 17.1. The maximum Gasteiger partial charge on any atom is 0.172 e. The minimum absolute atomic E-state index is 0.270. The molecule has 0 amide bonds. The minimum atomic E-state index is 0.270. The Labute approximate surface area is 189 Å². The van der Waals surface area contributed by atoms with E-state index in [1.807, 2.05) is 10.8 Å². The molecule has 0 fully saturated rings. The number of halogens is 1. The molecule has 7 nitrogen and oxygen atoms in total. The van der Waals surface area contributed by atoms with Crippen LogP contribution in [-0.2, 0) is 19.5 Å². The summed E-state index contributed by atoms with van der Waals surface area (Å²) in [6.07, 6.45) is 7.53. The predicted molar refractivity (Wildman–Crippen MR) is 119 cm³/mol.